The molecule has 0 atom stereocenters. The van der Waals surface area contributed by atoms with Crippen molar-refractivity contribution in [1.82, 2.24) is 4.98 Å². The normalized spacial score (nSPS) is 14.0. The smallest absolute Gasteiger partial charge is 0.258 e. The number of pyridine rings is 1. The molecule has 0 fully saturated rings. The highest BCUT2D eigenvalue weighted by Gasteiger charge is 2.23. The zero-order valence-electron chi connectivity index (χ0n) is 10.5. The van der Waals surface area contributed by atoms with Crippen molar-refractivity contribution in [3.8, 4) is 0 Å². The van der Waals surface area contributed by atoms with Gasteiger partial charge in [0.25, 0.3) is 5.91 Å². The van der Waals surface area contributed by atoms with E-state index in [1.54, 1.807) is 18.3 Å². The van der Waals surface area contributed by atoms with Crippen molar-refractivity contribution in [2.45, 2.75) is 12.8 Å². The van der Waals surface area contributed by atoms with E-state index in [4.69, 9.17) is 5.73 Å². The molecule has 0 saturated carbocycles. The van der Waals surface area contributed by atoms with Gasteiger partial charge in [0.05, 0.1) is 0 Å². The molecular weight excluding hydrogens is 238 g/mol. The van der Waals surface area contributed by atoms with Crippen LogP contribution >= 0.6 is 0 Å². The molecule has 1 aromatic heterocycles. The monoisotopic (exact) mass is 253 g/mol. The van der Waals surface area contributed by atoms with Gasteiger partial charge >= 0.3 is 0 Å². The lowest BCUT2D eigenvalue weighted by molar-refractivity contribution is 0.0985. The summed E-state index contributed by atoms with van der Waals surface area (Å²) in [5.74, 6) is 0.359. The summed E-state index contributed by atoms with van der Waals surface area (Å²) >= 11 is 0. The number of aromatic nitrogens is 1. The number of anilines is 2. The molecule has 2 heterocycles. The van der Waals surface area contributed by atoms with Crippen LogP contribution in [-0.4, -0.2) is 17.4 Å². The molecule has 19 heavy (non-hydrogen) atoms. The molecule has 1 amide bonds. The zero-order chi connectivity index (χ0) is 13.2. The van der Waals surface area contributed by atoms with Gasteiger partial charge in [-0.05, 0) is 36.6 Å². The van der Waals surface area contributed by atoms with E-state index in [0.717, 1.165) is 25.1 Å². The molecular formula is C15H15N3O. The zero-order valence-corrected chi connectivity index (χ0v) is 10.5. The summed E-state index contributed by atoms with van der Waals surface area (Å²) in [5.41, 5.74) is 8.46. The summed E-state index contributed by atoms with van der Waals surface area (Å²) in [6.45, 7) is 0.748. The molecule has 4 heteroatoms. The Balaban J connectivity index is 1.98. The van der Waals surface area contributed by atoms with Gasteiger partial charge < -0.3 is 10.6 Å². The Hall–Kier alpha value is -2.36. The van der Waals surface area contributed by atoms with Gasteiger partial charge in [-0.15, -0.1) is 0 Å². The average Bonchev–Trinajstić information content (AvgIpc) is 2.46. The second kappa shape index (κ2) is 4.72. The van der Waals surface area contributed by atoms with Gasteiger partial charge in [0.1, 0.15) is 5.82 Å². The van der Waals surface area contributed by atoms with Gasteiger partial charge in [0.15, 0.2) is 0 Å². The highest BCUT2D eigenvalue weighted by molar-refractivity contribution is 6.07. The van der Waals surface area contributed by atoms with Crippen LogP contribution in [0, 0.1) is 0 Å². The van der Waals surface area contributed by atoms with Gasteiger partial charge in [-0.2, -0.15) is 0 Å². The molecule has 2 aromatic rings. The number of benzene rings is 1. The summed E-state index contributed by atoms with van der Waals surface area (Å²) in [6, 6.07) is 11.4. The predicted octanol–water partition coefficient (Wildman–Crippen LogP) is 2.26. The highest BCUT2D eigenvalue weighted by atomic mass is 16.2. The summed E-state index contributed by atoms with van der Waals surface area (Å²) in [4.78, 5) is 18.3. The van der Waals surface area contributed by atoms with Crippen molar-refractivity contribution in [2.24, 2.45) is 0 Å². The number of carbonyl (C=O) groups excluding carboxylic acids is 1. The van der Waals surface area contributed by atoms with Crippen molar-refractivity contribution >= 4 is 17.4 Å². The van der Waals surface area contributed by atoms with Gasteiger partial charge in [0.2, 0.25) is 0 Å². The minimum Gasteiger partial charge on any atom is -0.384 e. The van der Waals surface area contributed by atoms with Crippen LogP contribution in [0.25, 0.3) is 0 Å². The Morgan fingerprint density at radius 1 is 1.26 bits per heavy atom. The Morgan fingerprint density at radius 3 is 2.95 bits per heavy atom. The lowest BCUT2D eigenvalue weighted by atomic mass is 10.0. The quantitative estimate of drug-likeness (QED) is 0.848. The van der Waals surface area contributed by atoms with Crippen molar-refractivity contribution in [1.29, 1.82) is 0 Å². The maximum absolute atomic E-state index is 12.6. The number of fused-ring (bicyclic) bond motifs is 1. The number of nitrogen functional groups attached to an aromatic ring is 1. The Kier molecular flexibility index (Phi) is 2.91. The van der Waals surface area contributed by atoms with Crippen molar-refractivity contribution < 1.29 is 4.79 Å². The van der Waals surface area contributed by atoms with E-state index < -0.39 is 0 Å². The number of hydrogen-bond donors (Lipinski definition) is 1. The number of nitrogens with zero attached hydrogens (tertiary/aromatic N) is 2. The second-order valence-electron chi connectivity index (χ2n) is 4.66. The SMILES string of the molecule is Nc1cc(C(=O)N2CCCc3ccccc32)ccn1. The molecule has 0 bridgehead atoms. The highest BCUT2D eigenvalue weighted by Crippen LogP contribution is 2.28. The molecule has 0 aliphatic carbocycles. The molecule has 1 aliphatic heterocycles. The molecule has 1 aromatic carbocycles. The molecule has 4 nitrogen and oxygen atoms in total. The molecule has 0 saturated heterocycles. The Morgan fingerprint density at radius 2 is 2.11 bits per heavy atom. The second-order valence-corrected chi connectivity index (χ2v) is 4.66. The number of nitrogens with two attached hydrogens (primary N) is 1. The first-order chi connectivity index (χ1) is 9.25. The number of carbonyl (C=O) groups is 1. The fraction of sp³-hybridized carbons (Fsp3) is 0.200. The maximum Gasteiger partial charge on any atom is 0.258 e. The number of rotatable bonds is 1. The van der Waals surface area contributed by atoms with E-state index in [1.807, 2.05) is 23.1 Å². The van der Waals surface area contributed by atoms with Crippen LogP contribution in [0.5, 0.6) is 0 Å². The minimum atomic E-state index is -0.0127. The van der Waals surface area contributed by atoms with E-state index in [1.165, 1.54) is 5.56 Å². The largest absolute Gasteiger partial charge is 0.384 e. The third-order valence-corrected chi connectivity index (χ3v) is 3.38. The molecule has 96 valence electrons. The van der Waals surface area contributed by atoms with Gasteiger partial charge in [-0.1, -0.05) is 18.2 Å². The fourth-order valence-corrected chi connectivity index (χ4v) is 2.48. The van der Waals surface area contributed by atoms with Gasteiger partial charge in [0, 0.05) is 24.0 Å². The average molecular weight is 253 g/mol. The van der Waals surface area contributed by atoms with Crippen LogP contribution in [0.4, 0.5) is 11.5 Å². The molecule has 1 aliphatic rings. The Bertz CT molecular complexity index is 624. The third kappa shape index (κ3) is 2.17. The molecule has 2 N–H and O–H groups in total. The summed E-state index contributed by atoms with van der Waals surface area (Å²) in [7, 11) is 0. The van der Waals surface area contributed by atoms with Crippen LogP contribution < -0.4 is 10.6 Å². The topological polar surface area (TPSA) is 59.2 Å². The van der Waals surface area contributed by atoms with Crippen molar-refractivity contribution in [2.75, 3.05) is 17.2 Å². The van der Waals surface area contributed by atoms with E-state index in [-0.39, 0.29) is 5.91 Å². The van der Waals surface area contributed by atoms with Crippen LogP contribution in [0.1, 0.15) is 22.3 Å². The minimum absolute atomic E-state index is 0.0127. The van der Waals surface area contributed by atoms with Gasteiger partial charge in [-0.3, -0.25) is 4.79 Å². The van der Waals surface area contributed by atoms with Crippen LogP contribution in [-0.2, 0) is 6.42 Å². The van der Waals surface area contributed by atoms with Crippen LogP contribution in [0.15, 0.2) is 42.6 Å². The molecule has 0 unspecified atom stereocenters. The summed E-state index contributed by atoms with van der Waals surface area (Å²) in [5, 5.41) is 0. The van der Waals surface area contributed by atoms with Gasteiger partial charge in [-0.25, -0.2) is 4.98 Å². The fourth-order valence-electron chi connectivity index (χ4n) is 2.48. The third-order valence-electron chi connectivity index (χ3n) is 3.38. The first kappa shape index (κ1) is 11.7. The molecule has 3 rings (SSSR count). The van der Waals surface area contributed by atoms with E-state index in [9.17, 15) is 4.79 Å². The predicted molar refractivity (Wildman–Crippen MR) is 75.1 cm³/mol. The van der Waals surface area contributed by atoms with Crippen molar-refractivity contribution in [3.63, 3.8) is 0 Å². The Labute approximate surface area is 111 Å². The lowest BCUT2D eigenvalue weighted by Crippen LogP contribution is -2.35. The number of aryl methyl sites for hydroxylation is 1. The number of para-hydroxylation sites is 1. The van der Waals surface area contributed by atoms with Crippen molar-refractivity contribution in [3.05, 3.63) is 53.7 Å². The summed E-state index contributed by atoms with van der Waals surface area (Å²) in [6.07, 6.45) is 3.58. The first-order valence-electron chi connectivity index (χ1n) is 6.37. The maximum atomic E-state index is 12.6. The lowest BCUT2D eigenvalue weighted by Gasteiger charge is -2.29. The summed E-state index contributed by atoms with van der Waals surface area (Å²) < 4.78 is 0. The van der Waals surface area contributed by atoms with E-state index in [0.29, 0.717) is 11.4 Å². The standard InChI is InChI=1S/C15H15N3O/c16-14-10-12(7-8-17-14)15(19)18-9-3-5-11-4-1-2-6-13(11)18/h1-2,4,6-8,10H,3,5,9H2,(H2,16,17). The van der Waals surface area contributed by atoms with Crippen LogP contribution in [0.3, 0.4) is 0 Å². The molecule has 0 radical (unpaired) electrons. The molecule has 0 spiro atoms. The number of hydrogen-bond acceptors (Lipinski definition) is 3. The van der Waals surface area contributed by atoms with E-state index >= 15 is 0 Å². The number of amides is 1. The van der Waals surface area contributed by atoms with E-state index in [2.05, 4.69) is 11.1 Å². The first-order valence-corrected chi connectivity index (χ1v) is 6.37. The van der Waals surface area contributed by atoms with Crippen LogP contribution in [0.2, 0.25) is 0 Å².